The summed E-state index contributed by atoms with van der Waals surface area (Å²) >= 11 is 5.22. The average molecular weight is 274 g/mol. The van der Waals surface area contributed by atoms with Gasteiger partial charge in [0.2, 0.25) is 5.88 Å². The highest BCUT2D eigenvalue weighted by Gasteiger charge is 2.34. The van der Waals surface area contributed by atoms with Crippen molar-refractivity contribution in [1.29, 1.82) is 0 Å². The second-order valence-corrected chi connectivity index (χ2v) is 3.02. The molecule has 0 aliphatic heterocycles. The Morgan fingerprint density at radius 2 is 2.12 bits per heavy atom. The fraction of sp³-hybridized carbons (Fsp3) is 0.250. The molecule has 1 rings (SSSR count). The number of aromatic carboxylic acids is 1. The molecule has 0 spiro atoms. The Hall–Kier alpha value is -1.57. The van der Waals surface area contributed by atoms with Crippen LogP contribution in [0.5, 0.6) is 5.88 Å². The van der Waals surface area contributed by atoms with Gasteiger partial charge in [-0.15, -0.1) is 24.8 Å². The fourth-order valence-corrected chi connectivity index (χ4v) is 1.13. The van der Waals surface area contributed by atoms with Gasteiger partial charge in [0, 0.05) is 0 Å². The van der Waals surface area contributed by atoms with Gasteiger partial charge >= 0.3 is 12.3 Å². The number of hydrogen-bond donors (Lipinski definition) is 1. The summed E-state index contributed by atoms with van der Waals surface area (Å²) in [5, 5.41) is 8.56. The van der Waals surface area contributed by atoms with Crippen LogP contribution in [0.3, 0.4) is 0 Å². The highest BCUT2D eigenvalue weighted by atomic mass is 35.5. The van der Waals surface area contributed by atoms with E-state index in [9.17, 15) is 22.4 Å². The molecule has 0 fully saturated rings. The van der Waals surface area contributed by atoms with E-state index in [0.29, 0.717) is 6.07 Å². The maximum absolute atomic E-state index is 13.1. The molecule has 94 valence electrons. The van der Waals surface area contributed by atoms with E-state index in [-0.39, 0.29) is 0 Å². The van der Waals surface area contributed by atoms with Gasteiger partial charge in [-0.2, -0.15) is 0 Å². The van der Waals surface area contributed by atoms with Gasteiger partial charge in [-0.3, -0.25) is 0 Å². The first-order chi connectivity index (χ1) is 7.74. The number of pyridine rings is 1. The highest BCUT2D eigenvalue weighted by Crippen LogP contribution is 2.26. The van der Waals surface area contributed by atoms with Crippen LogP contribution in [-0.4, -0.2) is 22.4 Å². The van der Waals surface area contributed by atoms with Crippen LogP contribution in [0.4, 0.5) is 17.6 Å². The molecule has 17 heavy (non-hydrogen) atoms. The molecule has 0 atom stereocenters. The molecule has 0 aromatic carbocycles. The number of carboxylic acid groups (broad SMARTS) is 1. The molecule has 0 unspecified atom stereocenters. The van der Waals surface area contributed by atoms with Crippen molar-refractivity contribution in [2.45, 2.75) is 12.2 Å². The Balaban J connectivity index is 3.29. The molecule has 0 bridgehead atoms. The van der Waals surface area contributed by atoms with E-state index in [2.05, 4.69) is 9.72 Å². The van der Waals surface area contributed by atoms with Crippen molar-refractivity contribution in [3.05, 3.63) is 23.1 Å². The third-order valence-corrected chi connectivity index (χ3v) is 1.84. The quantitative estimate of drug-likeness (QED) is 0.679. The minimum Gasteiger partial charge on any atom is -0.477 e. The van der Waals surface area contributed by atoms with Crippen molar-refractivity contribution >= 4 is 17.6 Å². The number of ether oxygens (including phenoxy) is 1. The molecule has 0 saturated carbocycles. The molecule has 1 heterocycles. The Morgan fingerprint density at radius 3 is 2.53 bits per heavy atom. The van der Waals surface area contributed by atoms with Crippen LogP contribution in [0.2, 0.25) is 0 Å². The van der Waals surface area contributed by atoms with Gasteiger partial charge in [-0.05, 0) is 6.07 Å². The Morgan fingerprint density at radius 1 is 1.53 bits per heavy atom. The van der Waals surface area contributed by atoms with Crippen LogP contribution in [0.25, 0.3) is 0 Å². The van der Waals surface area contributed by atoms with Gasteiger partial charge in [0.25, 0.3) is 0 Å². The number of aromatic nitrogens is 1. The summed E-state index contributed by atoms with van der Waals surface area (Å²) < 4.78 is 52.3. The first kappa shape index (κ1) is 13.5. The molecule has 1 N–H and O–H groups in total. The maximum Gasteiger partial charge on any atom is 0.574 e. The molecule has 1 aromatic heterocycles. The number of carbonyl (C=O) groups is 1. The van der Waals surface area contributed by atoms with Crippen molar-refractivity contribution in [2.75, 3.05) is 0 Å². The van der Waals surface area contributed by atoms with Gasteiger partial charge in [0.1, 0.15) is 11.4 Å². The lowest BCUT2D eigenvalue weighted by molar-refractivity contribution is -0.276. The average Bonchev–Trinajstić information content (AvgIpc) is 2.17. The van der Waals surface area contributed by atoms with Crippen molar-refractivity contribution in [2.24, 2.45) is 0 Å². The molecule has 0 aliphatic carbocycles. The van der Waals surface area contributed by atoms with Gasteiger partial charge in [-0.25, -0.2) is 14.2 Å². The van der Waals surface area contributed by atoms with Crippen LogP contribution in [0.1, 0.15) is 16.1 Å². The smallest absolute Gasteiger partial charge is 0.477 e. The molecule has 9 heteroatoms. The Bertz CT molecular complexity index is 449. The molecule has 0 aliphatic rings. The highest BCUT2D eigenvalue weighted by molar-refractivity contribution is 6.16. The van der Waals surface area contributed by atoms with Crippen molar-refractivity contribution in [1.82, 2.24) is 4.98 Å². The van der Waals surface area contributed by atoms with Gasteiger partial charge in [-0.1, -0.05) is 0 Å². The lowest BCUT2D eigenvalue weighted by atomic mass is 10.2. The van der Waals surface area contributed by atoms with Crippen LogP contribution in [0, 0.1) is 5.82 Å². The van der Waals surface area contributed by atoms with E-state index >= 15 is 0 Å². The number of halogens is 5. The second kappa shape index (κ2) is 4.74. The molecular formula is C8H4ClF4NO3. The monoisotopic (exact) mass is 273 g/mol. The summed E-state index contributed by atoms with van der Waals surface area (Å²) in [7, 11) is 0. The minimum atomic E-state index is -5.13. The summed E-state index contributed by atoms with van der Waals surface area (Å²) in [6, 6.07) is 0.369. The van der Waals surface area contributed by atoms with Crippen LogP contribution >= 0.6 is 11.6 Å². The summed E-state index contributed by atoms with van der Waals surface area (Å²) in [6.45, 7) is 0. The third kappa shape index (κ3) is 3.45. The predicted octanol–water partition coefficient (Wildman–Crippen LogP) is 2.56. The normalized spacial score (nSPS) is 11.4. The van der Waals surface area contributed by atoms with E-state index in [1.165, 1.54) is 0 Å². The van der Waals surface area contributed by atoms with E-state index in [1.54, 1.807) is 0 Å². The fourth-order valence-electron chi connectivity index (χ4n) is 0.942. The SMILES string of the molecule is O=C(O)c1cc(F)c(CCl)nc1OC(F)(F)F. The number of alkyl halides is 4. The van der Waals surface area contributed by atoms with Gasteiger partial charge in [0.15, 0.2) is 0 Å². The van der Waals surface area contributed by atoms with E-state index in [1.807, 2.05) is 0 Å². The first-order valence-corrected chi connectivity index (χ1v) is 4.52. The lowest BCUT2D eigenvalue weighted by Gasteiger charge is -2.11. The Kier molecular flexibility index (Phi) is 3.76. The number of nitrogens with zero attached hydrogens (tertiary/aromatic N) is 1. The van der Waals surface area contributed by atoms with Crippen LogP contribution in [0.15, 0.2) is 6.07 Å². The molecule has 1 aromatic rings. The number of rotatable bonds is 3. The molecular weight excluding hydrogens is 270 g/mol. The van der Waals surface area contributed by atoms with Gasteiger partial charge in [0.05, 0.1) is 11.6 Å². The van der Waals surface area contributed by atoms with Crippen LogP contribution < -0.4 is 4.74 Å². The maximum atomic E-state index is 13.1. The second-order valence-electron chi connectivity index (χ2n) is 2.76. The topological polar surface area (TPSA) is 59.4 Å². The lowest BCUT2D eigenvalue weighted by Crippen LogP contribution is -2.20. The number of hydrogen-bond acceptors (Lipinski definition) is 3. The minimum absolute atomic E-state index is 0.369. The zero-order valence-corrected chi connectivity index (χ0v) is 8.64. The summed E-state index contributed by atoms with van der Waals surface area (Å²) in [6.07, 6.45) is -5.13. The van der Waals surface area contributed by atoms with Crippen molar-refractivity contribution in [3.63, 3.8) is 0 Å². The first-order valence-electron chi connectivity index (χ1n) is 3.99. The van der Waals surface area contributed by atoms with E-state index < -0.39 is 41.2 Å². The predicted molar refractivity (Wildman–Crippen MR) is 47.4 cm³/mol. The molecule has 4 nitrogen and oxygen atoms in total. The summed E-state index contributed by atoms with van der Waals surface area (Å²) in [5.74, 6) is -4.68. The summed E-state index contributed by atoms with van der Waals surface area (Å²) in [5.41, 5.74) is -1.57. The zero-order chi connectivity index (χ0) is 13.2. The van der Waals surface area contributed by atoms with E-state index in [0.717, 1.165) is 0 Å². The van der Waals surface area contributed by atoms with Gasteiger partial charge < -0.3 is 9.84 Å². The third-order valence-electron chi connectivity index (χ3n) is 1.58. The molecule has 0 saturated heterocycles. The standard InChI is InChI=1S/C8H4ClF4NO3/c9-2-5-4(10)1-3(7(15)16)6(14-5)17-8(11,12)13/h1H,2H2,(H,15,16). The molecule has 0 amide bonds. The summed E-state index contributed by atoms with van der Waals surface area (Å²) in [4.78, 5) is 13.6. The zero-order valence-electron chi connectivity index (χ0n) is 7.89. The largest absolute Gasteiger partial charge is 0.574 e. The van der Waals surface area contributed by atoms with Crippen molar-refractivity contribution in [3.8, 4) is 5.88 Å². The number of carboxylic acids is 1. The van der Waals surface area contributed by atoms with Crippen LogP contribution in [-0.2, 0) is 5.88 Å². The molecule has 0 radical (unpaired) electrons. The van der Waals surface area contributed by atoms with Crippen molar-refractivity contribution < 1.29 is 32.2 Å². The van der Waals surface area contributed by atoms with E-state index in [4.69, 9.17) is 16.7 Å². The Labute approximate surface area is 96.8 Å².